The summed E-state index contributed by atoms with van der Waals surface area (Å²) in [7, 11) is 0. The van der Waals surface area contributed by atoms with Crippen LogP contribution in [0.3, 0.4) is 0 Å². The number of amides is 1. The predicted molar refractivity (Wildman–Crippen MR) is 94.9 cm³/mol. The Bertz CT molecular complexity index is 663. The Morgan fingerprint density at radius 2 is 2.43 bits per heavy atom. The highest BCUT2D eigenvalue weighted by molar-refractivity contribution is 9.10. The van der Waals surface area contributed by atoms with Crippen LogP contribution in [0.1, 0.15) is 19.2 Å². The first-order valence-electron chi connectivity index (χ1n) is 7.20. The van der Waals surface area contributed by atoms with Crippen molar-refractivity contribution in [2.75, 3.05) is 19.6 Å². The molecule has 2 aromatic rings. The van der Waals surface area contributed by atoms with Crippen molar-refractivity contribution in [1.82, 2.24) is 20.4 Å². The van der Waals surface area contributed by atoms with Crippen LogP contribution in [0.15, 0.2) is 20.4 Å². The molecule has 6 nitrogen and oxygen atoms in total. The summed E-state index contributed by atoms with van der Waals surface area (Å²) in [5.41, 5.74) is 0. The second kappa shape index (κ2) is 8.23. The van der Waals surface area contributed by atoms with Gasteiger partial charge in [-0.2, -0.15) is 4.98 Å². The molecule has 3 rings (SSSR count). The molecule has 0 bridgehead atoms. The topological polar surface area (TPSA) is 71.3 Å². The summed E-state index contributed by atoms with van der Waals surface area (Å²) in [5, 5.41) is 9.23. The van der Waals surface area contributed by atoms with Crippen LogP contribution < -0.4 is 5.32 Å². The minimum absolute atomic E-state index is 0. The van der Waals surface area contributed by atoms with E-state index in [0.717, 1.165) is 29.0 Å². The van der Waals surface area contributed by atoms with E-state index in [-0.39, 0.29) is 24.4 Å². The third kappa shape index (κ3) is 4.53. The Labute approximate surface area is 153 Å². The van der Waals surface area contributed by atoms with Gasteiger partial charge in [0.2, 0.25) is 17.6 Å². The third-order valence-electron chi connectivity index (χ3n) is 3.63. The highest BCUT2D eigenvalue weighted by Crippen LogP contribution is 2.27. The number of carbonyl (C=O) groups is 1. The summed E-state index contributed by atoms with van der Waals surface area (Å²) in [6, 6.07) is 2.19. The lowest BCUT2D eigenvalue weighted by Crippen LogP contribution is -2.52. The average molecular weight is 422 g/mol. The Morgan fingerprint density at radius 1 is 1.61 bits per heavy atom. The number of thiophene rings is 1. The average Bonchev–Trinajstić information content (AvgIpc) is 3.14. The van der Waals surface area contributed by atoms with Crippen molar-refractivity contribution >= 4 is 45.6 Å². The van der Waals surface area contributed by atoms with Gasteiger partial charge in [-0.3, -0.25) is 4.79 Å². The quantitative estimate of drug-likeness (QED) is 0.822. The first-order valence-corrected chi connectivity index (χ1v) is 8.88. The van der Waals surface area contributed by atoms with Crippen molar-refractivity contribution in [3.05, 3.63) is 21.8 Å². The lowest BCUT2D eigenvalue weighted by molar-refractivity contribution is -0.134. The Hall–Kier alpha value is -0.960. The molecule has 2 aromatic heterocycles. The summed E-state index contributed by atoms with van der Waals surface area (Å²) in [6.45, 7) is 4.53. The van der Waals surface area contributed by atoms with Crippen LogP contribution in [0.4, 0.5) is 0 Å². The number of piperazine rings is 1. The van der Waals surface area contributed by atoms with Crippen molar-refractivity contribution < 1.29 is 9.32 Å². The molecule has 0 unspecified atom stereocenters. The molecule has 23 heavy (non-hydrogen) atoms. The van der Waals surface area contributed by atoms with Gasteiger partial charge in [-0.15, -0.1) is 23.7 Å². The smallest absolute Gasteiger partial charge is 0.227 e. The molecule has 126 valence electrons. The maximum Gasteiger partial charge on any atom is 0.227 e. The zero-order valence-electron chi connectivity index (χ0n) is 12.6. The number of carbonyl (C=O) groups excluding carboxylic acids is 1. The number of nitrogens with zero attached hydrogens (tertiary/aromatic N) is 3. The van der Waals surface area contributed by atoms with E-state index < -0.39 is 0 Å². The van der Waals surface area contributed by atoms with E-state index in [1.807, 2.05) is 16.3 Å². The van der Waals surface area contributed by atoms with Crippen LogP contribution in [0, 0.1) is 0 Å². The summed E-state index contributed by atoms with van der Waals surface area (Å²) in [6.07, 6.45) is 0.884. The van der Waals surface area contributed by atoms with Gasteiger partial charge in [0.15, 0.2) is 0 Å². The highest BCUT2D eigenvalue weighted by Gasteiger charge is 2.23. The van der Waals surface area contributed by atoms with Crippen LogP contribution >= 0.6 is 39.7 Å². The van der Waals surface area contributed by atoms with E-state index >= 15 is 0 Å². The number of nitrogens with one attached hydrogen (secondary N) is 1. The third-order valence-corrected chi connectivity index (χ3v) is 5.32. The largest absolute Gasteiger partial charge is 0.339 e. The number of rotatable bonds is 4. The number of aryl methyl sites for hydroxylation is 1. The van der Waals surface area contributed by atoms with Gasteiger partial charge < -0.3 is 14.7 Å². The molecule has 1 amide bonds. The molecule has 1 atom stereocenters. The van der Waals surface area contributed by atoms with Gasteiger partial charge in [-0.25, -0.2) is 0 Å². The molecular weight excluding hydrogens is 404 g/mol. The molecule has 1 aliphatic rings. The van der Waals surface area contributed by atoms with Gasteiger partial charge in [0, 0.05) is 48.4 Å². The molecule has 0 saturated carbocycles. The van der Waals surface area contributed by atoms with Crippen molar-refractivity contribution in [3.8, 4) is 10.7 Å². The molecule has 1 fully saturated rings. The van der Waals surface area contributed by atoms with E-state index in [1.165, 1.54) is 0 Å². The normalized spacial score (nSPS) is 17.8. The lowest BCUT2D eigenvalue weighted by atomic mass is 10.2. The molecule has 1 aliphatic heterocycles. The molecule has 1 N–H and O–H groups in total. The maximum atomic E-state index is 12.3. The molecular formula is C14H18BrClN4O2S. The molecule has 9 heteroatoms. The van der Waals surface area contributed by atoms with E-state index in [0.29, 0.717) is 24.6 Å². The maximum absolute atomic E-state index is 12.3. The van der Waals surface area contributed by atoms with Gasteiger partial charge in [0.1, 0.15) is 0 Å². The number of hydrogen-bond donors (Lipinski definition) is 1. The molecule has 0 aromatic carbocycles. The van der Waals surface area contributed by atoms with Gasteiger partial charge >= 0.3 is 0 Å². The Balaban J connectivity index is 0.00000192. The van der Waals surface area contributed by atoms with E-state index in [9.17, 15) is 4.79 Å². The van der Waals surface area contributed by atoms with Crippen molar-refractivity contribution in [1.29, 1.82) is 0 Å². The molecule has 1 saturated heterocycles. The molecule has 0 spiro atoms. The van der Waals surface area contributed by atoms with Crippen LogP contribution in [-0.4, -0.2) is 46.6 Å². The summed E-state index contributed by atoms with van der Waals surface area (Å²) in [5.74, 6) is 1.23. The van der Waals surface area contributed by atoms with Crippen molar-refractivity contribution in [2.45, 2.75) is 25.8 Å². The first-order chi connectivity index (χ1) is 10.6. The van der Waals surface area contributed by atoms with Gasteiger partial charge in [0.05, 0.1) is 4.88 Å². The molecule has 0 aliphatic carbocycles. The lowest BCUT2D eigenvalue weighted by Gasteiger charge is -2.34. The van der Waals surface area contributed by atoms with E-state index in [2.05, 4.69) is 38.3 Å². The first kappa shape index (κ1) is 18.4. The standard InChI is InChI=1S/C14H17BrN4O2S.ClH/c1-9-7-16-4-5-19(9)13(20)3-2-12-17-14(18-21-12)11-6-10(15)8-22-11;/h6,8-9,16H,2-5,7H2,1H3;1H/t9-;/m1./s1. The Morgan fingerprint density at radius 3 is 3.13 bits per heavy atom. The fourth-order valence-electron chi connectivity index (χ4n) is 2.46. The number of halogens is 2. The SMILES string of the molecule is C[C@@H]1CNCCN1C(=O)CCc1nc(-c2cc(Br)cs2)no1.Cl. The predicted octanol–water partition coefficient (Wildman–Crippen LogP) is 2.74. The number of aromatic nitrogens is 2. The summed E-state index contributed by atoms with van der Waals surface area (Å²) >= 11 is 4.95. The minimum Gasteiger partial charge on any atom is -0.339 e. The molecule has 0 radical (unpaired) electrons. The van der Waals surface area contributed by atoms with Crippen LogP contribution in [0.5, 0.6) is 0 Å². The zero-order chi connectivity index (χ0) is 15.5. The second-order valence-electron chi connectivity index (χ2n) is 5.28. The summed E-state index contributed by atoms with van der Waals surface area (Å²) < 4.78 is 6.24. The monoisotopic (exact) mass is 420 g/mol. The van der Waals surface area contributed by atoms with Crippen LogP contribution in [-0.2, 0) is 11.2 Å². The van der Waals surface area contributed by atoms with E-state index in [1.54, 1.807) is 11.3 Å². The highest BCUT2D eigenvalue weighted by atomic mass is 79.9. The van der Waals surface area contributed by atoms with Gasteiger partial charge in [-0.1, -0.05) is 5.16 Å². The molecule has 3 heterocycles. The van der Waals surface area contributed by atoms with Crippen LogP contribution in [0.2, 0.25) is 0 Å². The second-order valence-corrected chi connectivity index (χ2v) is 7.11. The van der Waals surface area contributed by atoms with E-state index in [4.69, 9.17) is 4.52 Å². The van der Waals surface area contributed by atoms with Gasteiger partial charge in [0.25, 0.3) is 0 Å². The minimum atomic E-state index is 0. The van der Waals surface area contributed by atoms with Crippen LogP contribution in [0.25, 0.3) is 10.7 Å². The Kier molecular flexibility index (Phi) is 6.58. The zero-order valence-corrected chi connectivity index (χ0v) is 15.8. The number of hydrogen-bond acceptors (Lipinski definition) is 6. The van der Waals surface area contributed by atoms with Crippen molar-refractivity contribution in [2.24, 2.45) is 0 Å². The fraction of sp³-hybridized carbons (Fsp3) is 0.500. The van der Waals surface area contributed by atoms with Crippen molar-refractivity contribution in [3.63, 3.8) is 0 Å². The van der Waals surface area contributed by atoms with Gasteiger partial charge in [-0.05, 0) is 28.9 Å². The fourth-order valence-corrected chi connectivity index (χ4v) is 3.81. The summed E-state index contributed by atoms with van der Waals surface area (Å²) in [4.78, 5) is 19.5.